The summed E-state index contributed by atoms with van der Waals surface area (Å²) < 4.78 is 7.18. The summed E-state index contributed by atoms with van der Waals surface area (Å²) in [6, 6.07) is 2.04. The quantitative estimate of drug-likeness (QED) is 0.864. The van der Waals surface area contributed by atoms with Crippen LogP contribution in [0.1, 0.15) is 44.0 Å². The molecule has 6 heteroatoms. The molecule has 0 spiro atoms. The predicted octanol–water partition coefficient (Wildman–Crippen LogP) is 3.02. The lowest BCUT2D eigenvalue weighted by Crippen LogP contribution is -2.29. The third kappa shape index (κ3) is 2.14. The van der Waals surface area contributed by atoms with E-state index in [1.165, 1.54) is 5.56 Å². The van der Waals surface area contributed by atoms with Crippen LogP contribution in [0.5, 0.6) is 0 Å². The van der Waals surface area contributed by atoms with E-state index in [1.807, 2.05) is 24.5 Å². The predicted molar refractivity (Wildman–Crippen MR) is 78.4 cm³/mol. The highest BCUT2D eigenvalue weighted by Gasteiger charge is 2.21. The SMILES string of the molecule is CC(C)n1c2c(cc(-c3n[nH]c(=S)o3)c1=O)CCCC2. The molecule has 5 nitrogen and oxygen atoms in total. The summed E-state index contributed by atoms with van der Waals surface area (Å²) in [4.78, 5) is 12.9. The zero-order chi connectivity index (χ0) is 14.3. The first-order chi connectivity index (χ1) is 9.58. The average molecular weight is 291 g/mol. The Morgan fingerprint density at radius 3 is 2.80 bits per heavy atom. The van der Waals surface area contributed by atoms with Crippen LogP contribution in [0.3, 0.4) is 0 Å². The Morgan fingerprint density at radius 1 is 1.40 bits per heavy atom. The van der Waals surface area contributed by atoms with Crippen molar-refractivity contribution in [1.82, 2.24) is 14.8 Å². The van der Waals surface area contributed by atoms with Crippen LogP contribution in [0.15, 0.2) is 15.3 Å². The maximum absolute atomic E-state index is 12.7. The Bertz CT molecular complexity index is 755. The van der Waals surface area contributed by atoms with Crippen LogP contribution < -0.4 is 5.56 Å². The first-order valence-corrected chi connectivity index (χ1v) is 7.32. The molecule has 3 rings (SSSR count). The molecular formula is C14H17N3O2S. The second kappa shape index (κ2) is 5.01. The summed E-state index contributed by atoms with van der Waals surface area (Å²) in [5.41, 5.74) is 2.83. The van der Waals surface area contributed by atoms with E-state index >= 15 is 0 Å². The molecule has 0 unspecified atom stereocenters. The van der Waals surface area contributed by atoms with Gasteiger partial charge >= 0.3 is 0 Å². The van der Waals surface area contributed by atoms with Gasteiger partial charge in [-0.15, -0.1) is 5.10 Å². The number of rotatable bonds is 2. The van der Waals surface area contributed by atoms with Crippen molar-refractivity contribution in [1.29, 1.82) is 0 Å². The molecule has 0 fully saturated rings. The van der Waals surface area contributed by atoms with Gasteiger partial charge in [-0.3, -0.25) is 4.79 Å². The van der Waals surface area contributed by atoms with Crippen molar-refractivity contribution in [2.45, 2.75) is 45.6 Å². The van der Waals surface area contributed by atoms with Crippen molar-refractivity contribution in [2.75, 3.05) is 0 Å². The summed E-state index contributed by atoms with van der Waals surface area (Å²) in [6.45, 7) is 4.06. The molecule has 0 saturated carbocycles. The number of nitrogens with zero attached hydrogens (tertiary/aromatic N) is 2. The molecule has 20 heavy (non-hydrogen) atoms. The standard InChI is InChI=1S/C14H17N3O2S/c1-8(2)17-11-6-4-3-5-9(11)7-10(13(17)18)12-15-16-14(20)19-12/h7-8H,3-6H2,1-2H3,(H,16,20). The molecule has 1 N–H and O–H groups in total. The van der Waals surface area contributed by atoms with Gasteiger partial charge in [-0.1, -0.05) is 0 Å². The Hall–Kier alpha value is -1.69. The number of pyridine rings is 1. The second-order valence-corrected chi connectivity index (χ2v) is 5.80. The van der Waals surface area contributed by atoms with Gasteiger partial charge in [0.15, 0.2) is 0 Å². The fraction of sp³-hybridized carbons (Fsp3) is 0.500. The van der Waals surface area contributed by atoms with Crippen molar-refractivity contribution in [2.24, 2.45) is 0 Å². The van der Waals surface area contributed by atoms with Crippen molar-refractivity contribution < 1.29 is 4.42 Å². The zero-order valence-corrected chi connectivity index (χ0v) is 12.4. The lowest BCUT2D eigenvalue weighted by atomic mass is 9.94. The van der Waals surface area contributed by atoms with Crippen LogP contribution in [-0.2, 0) is 12.8 Å². The molecule has 1 aliphatic rings. The summed E-state index contributed by atoms with van der Waals surface area (Å²) in [5.74, 6) is 0.280. The van der Waals surface area contributed by atoms with Gasteiger partial charge in [0.1, 0.15) is 5.56 Å². The van der Waals surface area contributed by atoms with E-state index in [2.05, 4.69) is 10.2 Å². The molecule has 2 aromatic rings. The third-order valence-corrected chi connectivity index (χ3v) is 3.90. The normalized spacial score (nSPS) is 14.6. The first kappa shape index (κ1) is 13.3. The minimum atomic E-state index is -0.0501. The van der Waals surface area contributed by atoms with Gasteiger partial charge in [-0.25, -0.2) is 5.10 Å². The van der Waals surface area contributed by atoms with E-state index < -0.39 is 0 Å². The molecule has 0 aliphatic heterocycles. The molecule has 0 bridgehead atoms. The van der Waals surface area contributed by atoms with E-state index in [0.29, 0.717) is 5.56 Å². The second-order valence-electron chi connectivity index (χ2n) is 5.42. The molecule has 2 heterocycles. The fourth-order valence-electron chi connectivity index (χ4n) is 2.88. The summed E-state index contributed by atoms with van der Waals surface area (Å²) in [5, 5.41) is 6.56. The minimum Gasteiger partial charge on any atom is -0.409 e. The lowest BCUT2D eigenvalue weighted by molar-refractivity contribution is 0.513. The summed E-state index contributed by atoms with van der Waals surface area (Å²) in [6.07, 6.45) is 4.27. The molecular weight excluding hydrogens is 274 g/mol. The maximum Gasteiger partial charge on any atom is 0.284 e. The zero-order valence-electron chi connectivity index (χ0n) is 11.6. The van der Waals surface area contributed by atoms with Crippen LogP contribution in [0.2, 0.25) is 0 Å². The molecule has 0 aromatic carbocycles. The van der Waals surface area contributed by atoms with Crippen molar-refractivity contribution in [3.05, 3.63) is 32.5 Å². The Morgan fingerprint density at radius 2 is 2.15 bits per heavy atom. The minimum absolute atomic E-state index is 0.0501. The van der Waals surface area contributed by atoms with Crippen LogP contribution in [-0.4, -0.2) is 14.8 Å². The lowest BCUT2D eigenvalue weighted by Gasteiger charge is -2.24. The third-order valence-electron chi connectivity index (χ3n) is 3.72. The van der Waals surface area contributed by atoms with E-state index in [0.717, 1.165) is 31.4 Å². The molecule has 0 saturated heterocycles. The summed E-state index contributed by atoms with van der Waals surface area (Å²) in [7, 11) is 0. The smallest absolute Gasteiger partial charge is 0.284 e. The van der Waals surface area contributed by atoms with Gasteiger partial charge in [-0.05, 0) is 63.4 Å². The highest BCUT2D eigenvalue weighted by molar-refractivity contribution is 7.71. The average Bonchev–Trinajstić information content (AvgIpc) is 2.84. The number of nitrogens with one attached hydrogen (secondary N) is 1. The van der Waals surface area contributed by atoms with Gasteiger partial charge in [0, 0.05) is 11.7 Å². The number of fused-ring (bicyclic) bond motifs is 1. The van der Waals surface area contributed by atoms with E-state index in [1.54, 1.807) is 0 Å². The topological polar surface area (TPSA) is 63.8 Å². The largest absolute Gasteiger partial charge is 0.409 e. The number of hydrogen-bond acceptors (Lipinski definition) is 4. The van der Waals surface area contributed by atoms with Crippen LogP contribution in [0.25, 0.3) is 11.5 Å². The number of aromatic nitrogens is 3. The monoisotopic (exact) mass is 291 g/mol. The highest BCUT2D eigenvalue weighted by atomic mass is 32.1. The molecule has 2 aromatic heterocycles. The number of H-pyrrole nitrogens is 1. The van der Waals surface area contributed by atoms with Gasteiger partial charge in [0.25, 0.3) is 16.3 Å². The summed E-state index contributed by atoms with van der Waals surface area (Å²) >= 11 is 4.89. The Kier molecular flexibility index (Phi) is 3.33. The Balaban J connectivity index is 2.29. The molecule has 106 valence electrons. The van der Waals surface area contributed by atoms with Gasteiger partial charge < -0.3 is 8.98 Å². The highest BCUT2D eigenvalue weighted by Crippen LogP contribution is 2.25. The molecule has 0 atom stereocenters. The van der Waals surface area contributed by atoms with Gasteiger partial charge in [0.05, 0.1) is 0 Å². The van der Waals surface area contributed by atoms with Crippen molar-refractivity contribution in [3.8, 4) is 11.5 Å². The number of aromatic amines is 1. The Labute approximate surface area is 121 Å². The maximum atomic E-state index is 12.7. The fourth-order valence-corrected chi connectivity index (χ4v) is 3.00. The number of aryl methyl sites for hydroxylation is 1. The van der Waals surface area contributed by atoms with Crippen molar-refractivity contribution >= 4 is 12.2 Å². The van der Waals surface area contributed by atoms with E-state index in [-0.39, 0.29) is 22.3 Å². The first-order valence-electron chi connectivity index (χ1n) is 6.91. The van der Waals surface area contributed by atoms with Gasteiger partial charge in [-0.2, -0.15) is 0 Å². The molecule has 0 amide bonds. The van der Waals surface area contributed by atoms with E-state index in [9.17, 15) is 4.79 Å². The van der Waals surface area contributed by atoms with Crippen LogP contribution >= 0.6 is 12.2 Å². The van der Waals surface area contributed by atoms with Crippen LogP contribution in [0.4, 0.5) is 0 Å². The van der Waals surface area contributed by atoms with E-state index in [4.69, 9.17) is 16.6 Å². The molecule has 1 aliphatic carbocycles. The van der Waals surface area contributed by atoms with Gasteiger partial charge in [0.2, 0.25) is 0 Å². The molecule has 0 radical (unpaired) electrons. The van der Waals surface area contributed by atoms with Crippen molar-refractivity contribution in [3.63, 3.8) is 0 Å². The van der Waals surface area contributed by atoms with Crippen LogP contribution in [0, 0.1) is 4.84 Å². The number of hydrogen-bond donors (Lipinski definition) is 1.